The normalized spacial score (nSPS) is 10.4. The molecule has 0 aliphatic rings. The molecule has 0 radical (unpaired) electrons. The van der Waals surface area contributed by atoms with Gasteiger partial charge in [-0.3, -0.25) is 0 Å². The number of benzene rings is 1. The first-order valence-corrected chi connectivity index (χ1v) is 5.64. The maximum atomic E-state index is 14.0. The van der Waals surface area contributed by atoms with E-state index in [1.54, 1.807) is 19.1 Å². The van der Waals surface area contributed by atoms with Crippen LogP contribution in [-0.2, 0) is 6.42 Å². The van der Waals surface area contributed by atoms with Crippen molar-refractivity contribution in [2.24, 2.45) is 0 Å². The van der Waals surface area contributed by atoms with Gasteiger partial charge in [0.05, 0.1) is 7.11 Å². The van der Waals surface area contributed by atoms with Crippen LogP contribution in [0.4, 0.5) is 8.78 Å². The second-order valence-corrected chi connectivity index (χ2v) is 3.84. The van der Waals surface area contributed by atoms with Crippen molar-refractivity contribution in [1.29, 1.82) is 0 Å². The van der Waals surface area contributed by atoms with Crippen LogP contribution in [0.5, 0.6) is 5.88 Å². The Bertz CT molecular complexity index is 570. The summed E-state index contributed by atoms with van der Waals surface area (Å²) in [5, 5.41) is 0. The molecule has 2 rings (SSSR count). The molecule has 1 heterocycles. The minimum absolute atomic E-state index is 0.162. The maximum Gasteiger partial charge on any atom is 0.221 e. The molecule has 0 spiro atoms. The fourth-order valence-electron chi connectivity index (χ4n) is 1.82. The lowest BCUT2D eigenvalue weighted by molar-refractivity contribution is 0.399. The molecule has 0 aliphatic carbocycles. The summed E-state index contributed by atoms with van der Waals surface area (Å²) in [6, 6.07) is 5.71. The first-order valence-electron chi connectivity index (χ1n) is 5.64. The Hall–Kier alpha value is -1.97. The molecule has 0 amide bonds. The predicted octanol–water partition coefficient (Wildman–Crippen LogP) is 3.60. The number of aryl methyl sites for hydroxylation is 1. The molecule has 0 bridgehead atoms. The SMILES string of the molecule is CCc1cc(F)c(-c2cccnc2OC)cc1F. The van der Waals surface area contributed by atoms with Crippen LogP contribution in [0.3, 0.4) is 0 Å². The van der Waals surface area contributed by atoms with Gasteiger partial charge in [-0.15, -0.1) is 0 Å². The number of pyridine rings is 1. The highest BCUT2D eigenvalue weighted by molar-refractivity contribution is 5.69. The van der Waals surface area contributed by atoms with Crippen LogP contribution < -0.4 is 4.74 Å². The molecule has 18 heavy (non-hydrogen) atoms. The molecule has 0 N–H and O–H groups in total. The Morgan fingerprint density at radius 1 is 1.17 bits per heavy atom. The quantitative estimate of drug-likeness (QED) is 0.829. The van der Waals surface area contributed by atoms with Crippen molar-refractivity contribution in [1.82, 2.24) is 4.98 Å². The van der Waals surface area contributed by atoms with Crippen LogP contribution in [0.2, 0.25) is 0 Å². The minimum atomic E-state index is -0.473. The van der Waals surface area contributed by atoms with Crippen LogP contribution in [0, 0.1) is 11.6 Å². The summed E-state index contributed by atoms with van der Waals surface area (Å²) in [4.78, 5) is 3.98. The van der Waals surface area contributed by atoms with Gasteiger partial charge in [-0.25, -0.2) is 13.8 Å². The monoisotopic (exact) mass is 249 g/mol. The van der Waals surface area contributed by atoms with Crippen molar-refractivity contribution in [3.05, 3.63) is 47.7 Å². The molecule has 4 heteroatoms. The third-order valence-electron chi connectivity index (χ3n) is 2.77. The highest BCUT2D eigenvalue weighted by atomic mass is 19.1. The second kappa shape index (κ2) is 5.12. The summed E-state index contributed by atoms with van der Waals surface area (Å²) in [7, 11) is 1.44. The van der Waals surface area contributed by atoms with Crippen LogP contribution in [0.1, 0.15) is 12.5 Å². The molecule has 0 fully saturated rings. The molecule has 2 nitrogen and oxygen atoms in total. The molecule has 2 aromatic rings. The summed E-state index contributed by atoms with van der Waals surface area (Å²) >= 11 is 0. The van der Waals surface area contributed by atoms with Crippen molar-refractivity contribution >= 4 is 0 Å². The highest BCUT2D eigenvalue weighted by Gasteiger charge is 2.14. The van der Waals surface area contributed by atoms with Gasteiger partial charge in [-0.1, -0.05) is 6.92 Å². The van der Waals surface area contributed by atoms with Crippen molar-refractivity contribution in [3.63, 3.8) is 0 Å². The number of nitrogens with zero attached hydrogens (tertiary/aromatic N) is 1. The van der Waals surface area contributed by atoms with E-state index in [4.69, 9.17) is 4.74 Å². The van der Waals surface area contributed by atoms with Crippen LogP contribution in [-0.4, -0.2) is 12.1 Å². The fraction of sp³-hybridized carbons (Fsp3) is 0.214. The lowest BCUT2D eigenvalue weighted by atomic mass is 10.0. The van der Waals surface area contributed by atoms with Gasteiger partial charge in [0.25, 0.3) is 0 Å². The van der Waals surface area contributed by atoms with Gasteiger partial charge >= 0.3 is 0 Å². The molecule has 0 saturated heterocycles. The minimum Gasteiger partial charge on any atom is -0.481 e. The van der Waals surface area contributed by atoms with Crippen molar-refractivity contribution in [3.8, 4) is 17.0 Å². The molecule has 1 aromatic heterocycles. The predicted molar refractivity (Wildman–Crippen MR) is 65.5 cm³/mol. The van der Waals surface area contributed by atoms with Crippen LogP contribution in [0.25, 0.3) is 11.1 Å². The number of hydrogen-bond acceptors (Lipinski definition) is 2. The Morgan fingerprint density at radius 3 is 2.61 bits per heavy atom. The number of halogens is 2. The molecular weight excluding hydrogens is 236 g/mol. The van der Waals surface area contributed by atoms with E-state index in [1.165, 1.54) is 25.4 Å². The first-order chi connectivity index (χ1) is 8.67. The van der Waals surface area contributed by atoms with Gasteiger partial charge in [-0.05, 0) is 36.2 Å². The van der Waals surface area contributed by atoms with E-state index in [0.717, 1.165) is 0 Å². The third-order valence-corrected chi connectivity index (χ3v) is 2.77. The van der Waals surface area contributed by atoms with E-state index in [9.17, 15) is 8.78 Å². The van der Waals surface area contributed by atoms with Gasteiger partial charge in [0.15, 0.2) is 0 Å². The van der Waals surface area contributed by atoms with Gasteiger partial charge in [0.2, 0.25) is 5.88 Å². The number of ether oxygens (including phenoxy) is 1. The lowest BCUT2D eigenvalue weighted by Gasteiger charge is -2.09. The van der Waals surface area contributed by atoms with Crippen LogP contribution in [0.15, 0.2) is 30.5 Å². The average molecular weight is 249 g/mol. The third kappa shape index (κ3) is 2.18. The van der Waals surface area contributed by atoms with E-state index in [1.807, 2.05) is 0 Å². The Balaban J connectivity index is 2.61. The fourth-order valence-corrected chi connectivity index (χ4v) is 1.82. The summed E-state index contributed by atoms with van der Waals surface area (Å²) in [6.45, 7) is 1.78. The summed E-state index contributed by atoms with van der Waals surface area (Å²) in [5.74, 6) is -0.612. The van der Waals surface area contributed by atoms with Crippen molar-refractivity contribution < 1.29 is 13.5 Å². The first kappa shape index (κ1) is 12.5. The molecule has 94 valence electrons. The standard InChI is InChI=1S/C14H13F2NO/c1-3-9-7-13(16)11(8-12(9)15)10-5-4-6-17-14(10)18-2/h4-8H,3H2,1-2H3. The lowest BCUT2D eigenvalue weighted by Crippen LogP contribution is -1.96. The van der Waals surface area contributed by atoms with E-state index >= 15 is 0 Å². The smallest absolute Gasteiger partial charge is 0.221 e. The zero-order valence-electron chi connectivity index (χ0n) is 10.2. The molecule has 0 atom stereocenters. The van der Waals surface area contributed by atoms with Gasteiger partial charge in [-0.2, -0.15) is 0 Å². The number of methoxy groups -OCH3 is 1. The van der Waals surface area contributed by atoms with Gasteiger partial charge < -0.3 is 4.74 Å². The Labute approximate surface area is 104 Å². The van der Waals surface area contributed by atoms with Gasteiger partial charge in [0.1, 0.15) is 11.6 Å². The zero-order chi connectivity index (χ0) is 13.1. The summed E-state index contributed by atoms with van der Waals surface area (Å²) < 4.78 is 32.7. The van der Waals surface area contributed by atoms with E-state index in [-0.39, 0.29) is 11.4 Å². The summed E-state index contributed by atoms with van der Waals surface area (Å²) in [5.41, 5.74) is 0.966. The second-order valence-electron chi connectivity index (χ2n) is 3.84. The number of rotatable bonds is 3. The molecule has 0 unspecified atom stereocenters. The van der Waals surface area contributed by atoms with Crippen LogP contribution >= 0.6 is 0 Å². The zero-order valence-corrected chi connectivity index (χ0v) is 10.2. The maximum absolute atomic E-state index is 14.0. The Kier molecular flexibility index (Phi) is 3.55. The molecular formula is C14H13F2NO. The number of hydrogen-bond donors (Lipinski definition) is 0. The number of aromatic nitrogens is 1. The van der Waals surface area contributed by atoms with Crippen molar-refractivity contribution in [2.75, 3.05) is 7.11 Å². The molecule has 0 aliphatic heterocycles. The van der Waals surface area contributed by atoms with Gasteiger partial charge in [0, 0.05) is 17.3 Å². The highest BCUT2D eigenvalue weighted by Crippen LogP contribution is 2.31. The van der Waals surface area contributed by atoms with Crippen molar-refractivity contribution in [2.45, 2.75) is 13.3 Å². The average Bonchev–Trinajstić information content (AvgIpc) is 2.41. The molecule has 1 aromatic carbocycles. The summed E-state index contributed by atoms with van der Waals surface area (Å²) in [6.07, 6.45) is 1.99. The largest absolute Gasteiger partial charge is 0.481 e. The van der Waals surface area contributed by atoms with E-state index in [0.29, 0.717) is 17.5 Å². The topological polar surface area (TPSA) is 22.1 Å². The van der Waals surface area contributed by atoms with E-state index < -0.39 is 11.6 Å². The Morgan fingerprint density at radius 2 is 1.94 bits per heavy atom. The van der Waals surface area contributed by atoms with E-state index in [2.05, 4.69) is 4.98 Å². The molecule has 0 saturated carbocycles.